The molecule has 2 unspecified atom stereocenters. The summed E-state index contributed by atoms with van der Waals surface area (Å²) >= 11 is 0. The minimum atomic E-state index is -1.000. The molecule has 3 N–H and O–H groups in total. The highest BCUT2D eigenvalue weighted by molar-refractivity contribution is 5.82. The van der Waals surface area contributed by atoms with E-state index in [0.717, 1.165) is 25.9 Å². The molecule has 0 bridgehead atoms. The van der Waals surface area contributed by atoms with Crippen molar-refractivity contribution < 1.29 is 9.90 Å². The molecule has 1 aliphatic rings. The number of aliphatic hydroxyl groups excluding tert-OH is 1. The average molecular weight is 186 g/mol. The van der Waals surface area contributed by atoms with Gasteiger partial charge in [-0.25, -0.2) is 0 Å². The van der Waals surface area contributed by atoms with Gasteiger partial charge in [-0.3, -0.25) is 4.79 Å². The fourth-order valence-corrected chi connectivity index (χ4v) is 1.40. The van der Waals surface area contributed by atoms with Crippen LogP contribution in [0.1, 0.15) is 26.2 Å². The van der Waals surface area contributed by atoms with Gasteiger partial charge < -0.3 is 15.7 Å². The van der Waals surface area contributed by atoms with Gasteiger partial charge in [-0.05, 0) is 12.8 Å². The Labute approximate surface area is 78.7 Å². The fraction of sp³-hybridized carbons (Fsp3) is 0.889. The van der Waals surface area contributed by atoms with E-state index in [4.69, 9.17) is 5.73 Å². The van der Waals surface area contributed by atoms with E-state index < -0.39 is 12.1 Å². The maximum atomic E-state index is 11.4. The molecule has 0 aliphatic carbocycles. The molecule has 1 rings (SSSR count). The SMILES string of the molecule is CCCC(N)C(O)C(=O)N1CCC1. The second kappa shape index (κ2) is 4.58. The van der Waals surface area contributed by atoms with Crippen LogP contribution < -0.4 is 5.73 Å². The number of carbonyl (C=O) groups excluding carboxylic acids is 1. The van der Waals surface area contributed by atoms with Crippen LogP contribution in [0.15, 0.2) is 0 Å². The van der Waals surface area contributed by atoms with Crippen LogP contribution in [0.25, 0.3) is 0 Å². The van der Waals surface area contributed by atoms with Crippen LogP contribution in [0.3, 0.4) is 0 Å². The lowest BCUT2D eigenvalue weighted by molar-refractivity contribution is -0.144. The van der Waals surface area contributed by atoms with Gasteiger partial charge in [-0.2, -0.15) is 0 Å². The Morgan fingerprint density at radius 1 is 1.62 bits per heavy atom. The maximum Gasteiger partial charge on any atom is 0.253 e. The number of amides is 1. The molecule has 0 saturated carbocycles. The van der Waals surface area contributed by atoms with Crippen molar-refractivity contribution in [3.05, 3.63) is 0 Å². The summed E-state index contributed by atoms with van der Waals surface area (Å²) < 4.78 is 0. The third-order valence-electron chi connectivity index (χ3n) is 2.45. The average Bonchev–Trinajstić information content (AvgIpc) is 2.00. The molecule has 76 valence electrons. The first-order valence-corrected chi connectivity index (χ1v) is 4.89. The van der Waals surface area contributed by atoms with Gasteiger partial charge in [0.15, 0.2) is 0 Å². The monoisotopic (exact) mass is 186 g/mol. The number of likely N-dealkylation sites (tertiary alicyclic amines) is 1. The van der Waals surface area contributed by atoms with Gasteiger partial charge in [0.05, 0.1) is 0 Å². The van der Waals surface area contributed by atoms with Crippen molar-refractivity contribution in [1.29, 1.82) is 0 Å². The zero-order chi connectivity index (χ0) is 9.84. The summed E-state index contributed by atoms with van der Waals surface area (Å²) in [5, 5.41) is 9.54. The number of carbonyl (C=O) groups is 1. The number of hydrogen-bond donors (Lipinski definition) is 2. The standard InChI is InChI=1S/C9H18N2O2/c1-2-4-7(10)8(12)9(13)11-5-3-6-11/h7-8,12H,2-6,10H2,1H3. The van der Waals surface area contributed by atoms with Gasteiger partial charge in [0.25, 0.3) is 5.91 Å². The molecule has 0 aromatic carbocycles. The second-order valence-electron chi connectivity index (χ2n) is 3.58. The summed E-state index contributed by atoms with van der Waals surface area (Å²) in [6.07, 6.45) is 1.63. The van der Waals surface area contributed by atoms with Crippen LogP contribution in [0, 0.1) is 0 Å². The quantitative estimate of drug-likeness (QED) is 0.634. The van der Waals surface area contributed by atoms with Crippen molar-refractivity contribution in [1.82, 2.24) is 4.90 Å². The van der Waals surface area contributed by atoms with E-state index >= 15 is 0 Å². The van der Waals surface area contributed by atoms with E-state index in [1.54, 1.807) is 4.90 Å². The largest absolute Gasteiger partial charge is 0.382 e. The van der Waals surface area contributed by atoms with Crippen molar-refractivity contribution in [3.63, 3.8) is 0 Å². The lowest BCUT2D eigenvalue weighted by atomic mass is 10.0. The van der Waals surface area contributed by atoms with Crippen LogP contribution in [0.2, 0.25) is 0 Å². The number of aliphatic hydroxyl groups is 1. The van der Waals surface area contributed by atoms with E-state index in [1.807, 2.05) is 6.92 Å². The smallest absolute Gasteiger partial charge is 0.253 e. The molecule has 1 fully saturated rings. The van der Waals surface area contributed by atoms with E-state index in [2.05, 4.69) is 0 Å². The number of nitrogens with zero attached hydrogens (tertiary/aromatic N) is 1. The summed E-state index contributed by atoms with van der Waals surface area (Å²) in [7, 11) is 0. The van der Waals surface area contributed by atoms with E-state index in [9.17, 15) is 9.90 Å². The van der Waals surface area contributed by atoms with Crippen molar-refractivity contribution >= 4 is 5.91 Å². The number of hydrogen-bond acceptors (Lipinski definition) is 3. The lowest BCUT2D eigenvalue weighted by Gasteiger charge is -2.33. The van der Waals surface area contributed by atoms with Crippen molar-refractivity contribution in [2.45, 2.75) is 38.3 Å². The van der Waals surface area contributed by atoms with Gasteiger partial charge in [-0.15, -0.1) is 0 Å². The van der Waals surface area contributed by atoms with Gasteiger partial charge in [-0.1, -0.05) is 13.3 Å². The Balaban J connectivity index is 2.35. The van der Waals surface area contributed by atoms with Crippen LogP contribution in [0.4, 0.5) is 0 Å². The Morgan fingerprint density at radius 3 is 2.62 bits per heavy atom. The third-order valence-corrected chi connectivity index (χ3v) is 2.45. The predicted octanol–water partition coefficient (Wildman–Crippen LogP) is -0.293. The zero-order valence-electron chi connectivity index (χ0n) is 8.07. The first-order valence-electron chi connectivity index (χ1n) is 4.89. The summed E-state index contributed by atoms with van der Waals surface area (Å²) in [6.45, 7) is 3.53. The number of rotatable bonds is 4. The highest BCUT2D eigenvalue weighted by Gasteiger charge is 2.29. The first-order chi connectivity index (χ1) is 6.16. The van der Waals surface area contributed by atoms with E-state index in [1.165, 1.54) is 0 Å². The van der Waals surface area contributed by atoms with Crippen molar-refractivity contribution in [2.24, 2.45) is 5.73 Å². The molecule has 4 heteroatoms. The minimum absolute atomic E-state index is 0.202. The highest BCUT2D eigenvalue weighted by atomic mass is 16.3. The molecule has 0 aromatic rings. The molecule has 2 atom stereocenters. The Morgan fingerprint density at radius 2 is 2.23 bits per heavy atom. The lowest BCUT2D eigenvalue weighted by Crippen LogP contribution is -2.52. The zero-order valence-corrected chi connectivity index (χ0v) is 8.07. The number of nitrogens with two attached hydrogens (primary N) is 1. The summed E-state index contributed by atoms with van der Waals surface area (Å²) in [5.74, 6) is -0.202. The normalized spacial score (nSPS) is 20.7. The van der Waals surface area contributed by atoms with Crippen LogP contribution >= 0.6 is 0 Å². The fourth-order valence-electron chi connectivity index (χ4n) is 1.40. The molecule has 1 amide bonds. The molecule has 4 nitrogen and oxygen atoms in total. The molecule has 0 spiro atoms. The summed E-state index contributed by atoms with van der Waals surface area (Å²) in [5.41, 5.74) is 5.65. The van der Waals surface area contributed by atoms with Crippen LogP contribution in [0.5, 0.6) is 0 Å². The van der Waals surface area contributed by atoms with Gasteiger partial charge >= 0.3 is 0 Å². The van der Waals surface area contributed by atoms with E-state index in [0.29, 0.717) is 6.42 Å². The Bertz CT molecular complexity index is 180. The first kappa shape index (κ1) is 10.5. The third kappa shape index (κ3) is 2.42. The minimum Gasteiger partial charge on any atom is -0.382 e. The highest BCUT2D eigenvalue weighted by Crippen LogP contribution is 2.10. The molecular weight excluding hydrogens is 168 g/mol. The van der Waals surface area contributed by atoms with Crippen LogP contribution in [-0.2, 0) is 4.79 Å². The molecule has 0 radical (unpaired) electrons. The van der Waals surface area contributed by atoms with E-state index in [-0.39, 0.29) is 5.91 Å². The summed E-state index contributed by atoms with van der Waals surface area (Å²) in [6, 6.07) is -0.405. The predicted molar refractivity (Wildman–Crippen MR) is 50.1 cm³/mol. The summed E-state index contributed by atoms with van der Waals surface area (Å²) in [4.78, 5) is 13.1. The van der Waals surface area contributed by atoms with Gasteiger partial charge in [0.1, 0.15) is 6.10 Å². The molecule has 1 saturated heterocycles. The topological polar surface area (TPSA) is 66.6 Å². The maximum absolute atomic E-state index is 11.4. The Hall–Kier alpha value is -0.610. The van der Waals surface area contributed by atoms with Crippen molar-refractivity contribution in [3.8, 4) is 0 Å². The molecule has 1 aliphatic heterocycles. The van der Waals surface area contributed by atoms with Crippen LogP contribution in [-0.4, -0.2) is 41.1 Å². The Kier molecular flexibility index (Phi) is 3.69. The van der Waals surface area contributed by atoms with Gasteiger partial charge in [0.2, 0.25) is 0 Å². The second-order valence-corrected chi connectivity index (χ2v) is 3.58. The molecule has 0 aromatic heterocycles. The van der Waals surface area contributed by atoms with Crippen molar-refractivity contribution in [2.75, 3.05) is 13.1 Å². The molecular formula is C9H18N2O2. The molecule has 13 heavy (non-hydrogen) atoms. The molecule has 1 heterocycles. The van der Waals surface area contributed by atoms with Gasteiger partial charge in [0, 0.05) is 19.1 Å².